The second-order valence-electron chi connectivity index (χ2n) is 6.85. The second-order valence-corrected chi connectivity index (χ2v) is 7.98. The number of rotatable bonds is 6. The Morgan fingerprint density at radius 1 is 1.48 bits per heavy atom. The largest absolute Gasteiger partial charge is 0.396 e. The summed E-state index contributed by atoms with van der Waals surface area (Å²) in [6, 6.07) is 2.19. The summed E-state index contributed by atoms with van der Waals surface area (Å²) in [6.07, 6.45) is 6.00. The topological polar surface area (TPSA) is 94.9 Å². The second kappa shape index (κ2) is 6.90. The molecule has 4 rings (SSSR count). The first-order valence-corrected chi connectivity index (χ1v) is 9.67. The van der Waals surface area contributed by atoms with Crippen molar-refractivity contribution in [1.29, 1.82) is 0 Å². The minimum absolute atomic E-state index is 0.00518. The third kappa shape index (κ3) is 3.40. The van der Waals surface area contributed by atoms with Crippen LogP contribution in [-0.4, -0.2) is 41.9 Å². The molecular weight excluding hydrogens is 368 g/mol. The zero-order valence-electron chi connectivity index (χ0n) is 15.2. The van der Waals surface area contributed by atoms with E-state index >= 15 is 0 Å². The van der Waals surface area contributed by atoms with Gasteiger partial charge in [0.05, 0.1) is 12.0 Å². The predicted molar refractivity (Wildman–Crippen MR) is 97.6 cm³/mol. The lowest BCUT2D eigenvalue weighted by molar-refractivity contribution is -0.368. The number of fused-ring (bicyclic) bond motifs is 2. The molecule has 8 nitrogen and oxygen atoms in total. The van der Waals surface area contributed by atoms with Crippen LogP contribution < -0.4 is 15.2 Å². The van der Waals surface area contributed by atoms with Gasteiger partial charge >= 0.3 is 11.9 Å². The molecular formula is C18H21N4O4S+. The fraction of sp³-hybridized carbons (Fsp3) is 0.444. The number of hydrogen-bond donors (Lipinski definition) is 1. The van der Waals surface area contributed by atoms with Crippen LogP contribution in [0.3, 0.4) is 0 Å². The van der Waals surface area contributed by atoms with Gasteiger partial charge in [-0.15, -0.1) is 11.3 Å². The quantitative estimate of drug-likeness (QED) is 0.598. The van der Waals surface area contributed by atoms with Gasteiger partial charge in [0.1, 0.15) is 12.7 Å². The van der Waals surface area contributed by atoms with E-state index in [2.05, 4.69) is 33.2 Å². The number of aryl methyl sites for hydroxylation is 1. The number of H-pyrrole nitrogens is 1. The Labute approximate surface area is 160 Å². The number of aromatic nitrogens is 2. The molecule has 0 bridgehead atoms. The van der Waals surface area contributed by atoms with Crippen LogP contribution in [-0.2, 0) is 21.5 Å². The molecule has 3 heterocycles. The fourth-order valence-electron chi connectivity index (χ4n) is 3.44. The standard InChI is InChI=1S/C18H20N4O4S/c1-3-12-6-13-15(27-12)16(24)22(10-18(13)4-5-18)9-14(23)21-17-19-7-11(8-20-17)26-25-2/h6-8H,3-5,9-10H2,1-2H3,(H,19,20,21,23)/p+1. The first-order chi connectivity index (χ1) is 13.0. The number of thiophene rings is 1. The summed E-state index contributed by atoms with van der Waals surface area (Å²) < 4.78 is 0. The number of amides is 2. The van der Waals surface area contributed by atoms with Gasteiger partial charge in [-0.25, -0.2) is 10.3 Å². The number of aromatic amines is 1. The van der Waals surface area contributed by atoms with E-state index in [4.69, 9.17) is 4.89 Å². The SMILES string of the molecule is CCc1cc2c(s1)C(=O)N(CC(=O)Nc1ncc(OOC)c[nH+]1)CC21CC1. The maximum Gasteiger partial charge on any atom is 0.396 e. The first-order valence-electron chi connectivity index (χ1n) is 8.85. The highest BCUT2D eigenvalue weighted by molar-refractivity contribution is 7.14. The van der Waals surface area contributed by atoms with E-state index in [-0.39, 0.29) is 29.7 Å². The molecule has 1 aliphatic heterocycles. The van der Waals surface area contributed by atoms with Crippen molar-refractivity contribution in [2.75, 3.05) is 25.5 Å². The van der Waals surface area contributed by atoms with E-state index < -0.39 is 0 Å². The summed E-state index contributed by atoms with van der Waals surface area (Å²) in [7, 11) is 1.39. The van der Waals surface area contributed by atoms with E-state index in [1.54, 1.807) is 16.2 Å². The summed E-state index contributed by atoms with van der Waals surface area (Å²) in [5.41, 5.74) is 1.24. The molecule has 142 valence electrons. The van der Waals surface area contributed by atoms with Gasteiger partial charge in [-0.3, -0.25) is 9.59 Å². The monoisotopic (exact) mass is 389 g/mol. The van der Waals surface area contributed by atoms with Crippen LogP contribution in [0.1, 0.15) is 39.9 Å². The van der Waals surface area contributed by atoms with Crippen molar-refractivity contribution < 1.29 is 24.3 Å². The summed E-state index contributed by atoms with van der Waals surface area (Å²) in [5, 5.41) is 2.67. The van der Waals surface area contributed by atoms with Crippen molar-refractivity contribution >= 4 is 29.1 Å². The molecule has 0 radical (unpaired) electrons. The van der Waals surface area contributed by atoms with Gasteiger partial charge in [0.2, 0.25) is 5.75 Å². The molecule has 1 spiro atoms. The summed E-state index contributed by atoms with van der Waals surface area (Å²) in [6.45, 7) is 2.70. The number of carbonyl (C=O) groups is 2. The van der Waals surface area contributed by atoms with Crippen LogP contribution in [0.15, 0.2) is 18.5 Å². The lowest BCUT2D eigenvalue weighted by atomic mass is 9.91. The molecule has 9 heteroatoms. The van der Waals surface area contributed by atoms with Crippen molar-refractivity contribution in [3.63, 3.8) is 0 Å². The molecule has 0 unspecified atom stereocenters. The molecule has 1 aliphatic carbocycles. The van der Waals surface area contributed by atoms with E-state index in [1.165, 1.54) is 29.9 Å². The van der Waals surface area contributed by atoms with Crippen LogP contribution in [0.4, 0.5) is 5.95 Å². The average Bonchev–Trinajstić information content (AvgIpc) is 3.28. The van der Waals surface area contributed by atoms with Gasteiger partial charge in [0, 0.05) is 16.8 Å². The molecule has 1 saturated carbocycles. The minimum atomic E-state index is -0.293. The lowest BCUT2D eigenvalue weighted by Crippen LogP contribution is -2.46. The Hall–Kier alpha value is -2.52. The number of nitrogens with zero attached hydrogens (tertiary/aromatic N) is 2. The third-order valence-corrected chi connectivity index (χ3v) is 6.24. The zero-order valence-corrected chi connectivity index (χ0v) is 16.0. The van der Waals surface area contributed by atoms with Crippen LogP contribution in [0.5, 0.6) is 5.75 Å². The Kier molecular flexibility index (Phi) is 4.56. The molecule has 0 atom stereocenters. The molecule has 2 N–H and O–H groups in total. The van der Waals surface area contributed by atoms with E-state index in [1.807, 2.05) is 0 Å². The van der Waals surface area contributed by atoms with Crippen LogP contribution in [0.25, 0.3) is 0 Å². The third-order valence-electron chi connectivity index (χ3n) is 4.98. The Morgan fingerprint density at radius 2 is 2.30 bits per heavy atom. The van der Waals surface area contributed by atoms with Gasteiger partial charge in [0.25, 0.3) is 5.91 Å². The maximum atomic E-state index is 12.9. The minimum Gasteiger partial charge on any atom is -0.332 e. The maximum absolute atomic E-state index is 12.9. The van der Waals surface area contributed by atoms with Crippen molar-refractivity contribution in [3.8, 4) is 5.75 Å². The summed E-state index contributed by atoms with van der Waals surface area (Å²) >= 11 is 1.56. The predicted octanol–water partition coefficient (Wildman–Crippen LogP) is 1.59. The van der Waals surface area contributed by atoms with E-state index in [9.17, 15) is 9.59 Å². The lowest BCUT2D eigenvalue weighted by Gasteiger charge is -2.31. The van der Waals surface area contributed by atoms with Crippen LogP contribution in [0, 0.1) is 0 Å². The Bertz CT molecular complexity index is 876. The molecule has 2 aromatic heterocycles. The normalized spacial score (nSPS) is 17.0. The van der Waals surface area contributed by atoms with Crippen molar-refractivity contribution in [2.24, 2.45) is 0 Å². The van der Waals surface area contributed by atoms with E-state index in [0.717, 1.165) is 24.1 Å². The first kappa shape index (κ1) is 17.9. The van der Waals surface area contributed by atoms with Crippen molar-refractivity contribution in [1.82, 2.24) is 9.88 Å². The van der Waals surface area contributed by atoms with Gasteiger partial charge in [-0.05, 0) is 30.9 Å². The zero-order chi connectivity index (χ0) is 19.0. The molecule has 1 fully saturated rings. The number of nitrogens with one attached hydrogen (secondary N) is 2. The van der Waals surface area contributed by atoms with Gasteiger partial charge in [-0.2, -0.15) is 4.89 Å². The van der Waals surface area contributed by atoms with Crippen LogP contribution >= 0.6 is 11.3 Å². The highest BCUT2D eigenvalue weighted by Crippen LogP contribution is 2.54. The molecule has 2 aliphatic rings. The highest BCUT2D eigenvalue weighted by Gasteiger charge is 2.52. The average molecular weight is 389 g/mol. The smallest absolute Gasteiger partial charge is 0.332 e. The van der Waals surface area contributed by atoms with Crippen LogP contribution in [0.2, 0.25) is 0 Å². The summed E-state index contributed by atoms with van der Waals surface area (Å²) in [5.74, 6) is 0.315. The number of anilines is 1. The summed E-state index contributed by atoms with van der Waals surface area (Å²) in [4.78, 5) is 45.2. The molecule has 2 aromatic rings. The van der Waals surface area contributed by atoms with Gasteiger partial charge < -0.3 is 9.79 Å². The molecule has 0 saturated heterocycles. The van der Waals surface area contributed by atoms with E-state index in [0.29, 0.717) is 12.3 Å². The van der Waals surface area contributed by atoms with Gasteiger partial charge in [0.15, 0.2) is 6.20 Å². The fourth-order valence-corrected chi connectivity index (χ4v) is 4.62. The number of hydrogen-bond acceptors (Lipinski definition) is 6. The van der Waals surface area contributed by atoms with Gasteiger partial charge in [-0.1, -0.05) is 11.9 Å². The van der Waals surface area contributed by atoms with Crippen molar-refractivity contribution in [2.45, 2.75) is 31.6 Å². The van der Waals surface area contributed by atoms with Crippen molar-refractivity contribution in [3.05, 3.63) is 33.8 Å². The molecule has 27 heavy (non-hydrogen) atoms. The Morgan fingerprint density at radius 3 is 2.93 bits per heavy atom. The Balaban J connectivity index is 1.45. The molecule has 2 amide bonds. The molecule has 0 aromatic carbocycles. The number of carbonyl (C=O) groups excluding carboxylic acids is 2. The highest BCUT2D eigenvalue weighted by atomic mass is 32.1.